The van der Waals surface area contributed by atoms with Crippen LogP contribution in [-0.2, 0) is 12.8 Å². The average Bonchev–Trinajstić information content (AvgIpc) is 3.16. The summed E-state index contributed by atoms with van der Waals surface area (Å²) in [6, 6.07) is 15.1. The van der Waals surface area contributed by atoms with Gasteiger partial charge in [-0.15, -0.1) is 11.3 Å². The molecule has 34 heavy (non-hydrogen) atoms. The smallest absolute Gasteiger partial charge is 0.259 e. The number of rotatable bonds is 6. The molecule has 0 radical (unpaired) electrons. The highest BCUT2D eigenvalue weighted by molar-refractivity contribution is 7.16. The van der Waals surface area contributed by atoms with E-state index in [9.17, 15) is 4.79 Å². The number of thiophene rings is 1. The van der Waals surface area contributed by atoms with E-state index in [-0.39, 0.29) is 11.3 Å². The number of halogens is 1. The van der Waals surface area contributed by atoms with Crippen molar-refractivity contribution in [3.8, 4) is 5.75 Å². The molecule has 1 aliphatic rings. The van der Waals surface area contributed by atoms with Crippen LogP contribution in [0.3, 0.4) is 0 Å². The third-order valence-electron chi connectivity index (χ3n) is 6.32. The first-order valence-electron chi connectivity index (χ1n) is 11.7. The van der Waals surface area contributed by atoms with Crippen molar-refractivity contribution in [1.82, 2.24) is 0 Å². The van der Waals surface area contributed by atoms with Gasteiger partial charge in [-0.3, -0.25) is 4.79 Å². The molecule has 0 fully saturated rings. The number of hydrogen-bond donors (Lipinski definition) is 1. The summed E-state index contributed by atoms with van der Waals surface area (Å²) in [5.41, 5.74) is 3.61. The number of fused-ring (bicyclic) bond motifs is 1. The average molecular weight is 495 g/mol. The lowest BCUT2D eigenvalue weighted by Crippen LogP contribution is -2.27. The van der Waals surface area contributed by atoms with Gasteiger partial charge < -0.3 is 10.1 Å². The van der Waals surface area contributed by atoms with Gasteiger partial charge >= 0.3 is 0 Å². The van der Waals surface area contributed by atoms with Crippen LogP contribution in [-0.4, -0.2) is 18.7 Å². The van der Waals surface area contributed by atoms with Crippen molar-refractivity contribution in [2.75, 3.05) is 11.9 Å². The molecular formula is C28H31ClN2O2S. The molecule has 4 nitrogen and oxygen atoms in total. The van der Waals surface area contributed by atoms with Crippen molar-refractivity contribution in [3.63, 3.8) is 0 Å². The van der Waals surface area contributed by atoms with Crippen molar-refractivity contribution in [2.45, 2.75) is 47.0 Å². The zero-order valence-corrected chi connectivity index (χ0v) is 21.7. The molecule has 0 spiro atoms. The monoisotopic (exact) mass is 494 g/mol. The van der Waals surface area contributed by atoms with Crippen molar-refractivity contribution in [1.29, 1.82) is 0 Å². The third-order valence-corrected chi connectivity index (χ3v) is 7.72. The fourth-order valence-corrected chi connectivity index (χ4v) is 5.86. The summed E-state index contributed by atoms with van der Waals surface area (Å²) in [5.74, 6) is 1.23. The number of ether oxygens (including phenoxy) is 1. The van der Waals surface area contributed by atoms with E-state index in [1.807, 2.05) is 43.3 Å². The van der Waals surface area contributed by atoms with Crippen molar-refractivity contribution in [3.05, 3.63) is 75.1 Å². The molecule has 2 aromatic carbocycles. The number of hydrogen-bond acceptors (Lipinski definition) is 4. The Morgan fingerprint density at radius 3 is 2.76 bits per heavy atom. The quantitative estimate of drug-likeness (QED) is 0.353. The number of para-hydroxylation sites is 1. The number of amides is 1. The summed E-state index contributed by atoms with van der Waals surface area (Å²) < 4.78 is 5.75. The first-order chi connectivity index (χ1) is 16.3. The summed E-state index contributed by atoms with van der Waals surface area (Å²) in [5, 5.41) is 4.36. The number of carbonyl (C=O) groups excluding carboxylic acids is 1. The van der Waals surface area contributed by atoms with Gasteiger partial charge in [0.1, 0.15) is 10.8 Å². The second-order valence-electron chi connectivity index (χ2n) is 9.68. The highest BCUT2D eigenvalue weighted by Gasteiger charge is 2.33. The molecule has 1 aromatic heterocycles. The topological polar surface area (TPSA) is 50.7 Å². The number of benzene rings is 2. The summed E-state index contributed by atoms with van der Waals surface area (Å²) in [7, 11) is 0. The number of nitrogens with one attached hydrogen (secondary N) is 1. The van der Waals surface area contributed by atoms with E-state index < -0.39 is 0 Å². The summed E-state index contributed by atoms with van der Waals surface area (Å²) in [4.78, 5) is 19.6. The maximum atomic E-state index is 13.5. The fourth-order valence-electron chi connectivity index (χ4n) is 4.40. The van der Waals surface area contributed by atoms with Gasteiger partial charge in [-0.05, 0) is 73.4 Å². The highest BCUT2D eigenvalue weighted by Crippen LogP contribution is 2.45. The van der Waals surface area contributed by atoms with E-state index in [0.717, 1.165) is 41.1 Å². The Bertz CT molecular complexity index is 1210. The second kappa shape index (κ2) is 10.3. The Kier molecular flexibility index (Phi) is 7.44. The zero-order chi connectivity index (χ0) is 24.3. The van der Waals surface area contributed by atoms with Gasteiger partial charge in [0.05, 0.1) is 12.2 Å². The van der Waals surface area contributed by atoms with Gasteiger partial charge in [-0.1, -0.05) is 50.6 Å². The minimum atomic E-state index is -0.140. The van der Waals surface area contributed by atoms with E-state index in [2.05, 4.69) is 26.1 Å². The lowest BCUT2D eigenvalue weighted by molar-refractivity contribution is 0.102. The van der Waals surface area contributed by atoms with Crippen LogP contribution in [0.15, 0.2) is 53.5 Å². The first kappa shape index (κ1) is 24.5. The van der Waals surface area contributed by atoms with Gasteiger partial charge in [-0.25, -0.2) is 4.99 Å². The minimum Gasteiger partial charge on any atom is -0.493 e. The molecule has 1 heterocycles. The fraction of sp³-hybridized carbons (Fsp3) is 0.357. The minimum absolute atomic E-state index is 0.140. The molecule has 178 valence electrons. The largest absolute Gasteiger partial charge is 0.493 e. The molecule has 1 N–H and O–H groups in total. The van der Waals surface area contributed by atoms with Crippen LogP contribution >= 0.6 is 22.9 Å². The zero-order valence-electron chi connectivity index (χ0n) is 20.2. The Labute approximate surface area is 211 Å². The second-order valence-corrected chi connectivity index (χ2v) is 11.2. The Morgan fingerprint density at radius 2 is 2.03 bits per heavy atom. The van der Waals surface area contributed by atoms with Crippen LogP contribution in [0.25, 0.3) is 0 Å². The summed E-state index contributed by atoms with van der Waals surface area (Å²) in [6.07, 6.45) is 4.74. The summed E-state index contributed by atoms with van der Waals surface area (Å²) in [6.45, 7) is 9.44. The van der Waals surface area contributed by atoms with Gasteiger partial charge in [0.15, 0.2) is 0 Å². The van der Waals surface area contributed by atoms with E-state index in [0.29, 0.717) is 28.8 Å². The summed E-state index contributed by atoms with van der Waals surface area (Å²) >= 11 is 7.77. The normalized spacial score (nSPS) is 15.9. The lowest BCUT2D eigenvalue weighted by atomic mass is 9.72. The molecule has 0 bridgehead atoms. The van der Waals surface area contributed by atoms with E-state index in [4.69, 9.17) is 21.3 Å². The maximum absolute atomic E-state index is 13.5. The van der Waals surface area contributed by atoms with Crippen molar-refractivity contribution in [2.24, 2.45) is 16.3 Å². The molecule has 1 atom stereocenters. The Morgan fingerprint density at radius 1 is 1.24 bits per heavy atom. The predicted molar refractivity (Wildman–Crippen MR) is 144 cm³/mol. The van der Waals surface area contributed by atoms with Crippen LogP contribution in [0.2, 0.25) is 5.02 Å². The SMILES string of the molecule is CCOc1ccccc1/C=N/c1sc2c(c1C(=O)Nc1cccc(Cl)c1)CCC(C(C)(C)C)C2. The molecule has 0 saturated heterocycles. The molecule has 4 rings (SSSR count). The molecule has 1 unspecified atom stereocenters. The maximum Gasteiger partial charge on any atom is 0.259 e. The number of nitrogens with zero attached hydrogens (tertiary/aromatic N) is 1. The van der Waals surface area contributed by atoms with Crippen LogP contribution < -0.4 is 10.1 Å². The third kappa shape index (κ3) is 5.53. The number of anilines is 1. The van der Waals surface area contributed by atoms with Gasteiger partial charge in [0.2, 0.25) is 0 Å². The molecule has 0 saturated carbocycles. The molecular weight excluding hydrogens is 464 g/mol. The molecule has 1 aliphatic carbocycles. The van der Waals surface area contributed by atoms with Crippen LogP contribution in [0.1, 0.15) is 60.5 Å². The molecule has 0 aliphatic heterocycles. The lowest BCUT2D eigenvalue weighted by Gasteiger charge is -2.33. The van der Waals surface area contributed by atoms with Crippen LogP contribution in [0, 0.1) is 11.3 Å². The number of carbonyl (C=O) groups is 1. The van der Waals surface area contributed by atoms with Gasteiger partial charge in [-0.2, -0.15) is 0 Å². The molecule has 1 amide bonds. The first-order valence-corrected chi connectivity index (χ1v) is 12.9. The predicted octanol–water partition coefficient (Wildman–Crippen LogP) is 7.95. The van der Waals surface area contributed by atoms with Crippen molar-refractivity contribution >= 4 is 45.7 Å². The van der Waals surface area contributed by atoms with Crippen LogP contribution in [0.4, 0.5) is 10.7 Å². The van der Waals surface area contributed by atoms with Crippen LogP contribution in [0.5, 0.6) is 5.75 Å². The molecule has 3 aromatic rings. The van der Waals surface area contributed by atoms with Gasteiger partial charge in [0.25, 0.3) is 5.91 Å². The Hall–Kier alpha value is -2.63. The Balaban J connectivity index is 1.72. The van der Waals surface area contributed by atoms with Crippen molar-refractivity contribution < 1.29 is 9.53 Å². The van der Waals surface area contributed by atoms with E-state index >= 15 is 0 Å². The number of aliphatic imine (C=N–C) groups is 1. The van der Waals surface area contributed by atoms with Gasteiger partial charge in [0, 0.05) is 27.4 Å². The molecule has 6 heteroatoms. The standard InChI is InChI=1S/C28H31ClN2O2S/c1-5-33-23-12-7-6-9-18(23)17-30-27-25(26(32)31-21-11-8-10-20(29)16-21)22-14-13-19(28(2,3)4)15-24(22)34-27/h6-12,16-17,19H,5,13-15H2,1-4H3,(H,31,32)/b30-17+. The highest BCUT2D eigenvalue weighted by atomic mass is 35.5. The van der Waals surface area contributed by atoms with E-state index in [1.54, 1.807) is 29.7 Å². The van der Waals surface area contributed by atoms with E-state index in [1.165, 1.54) is 4.88 Å².